The van der Waals surface area contributed by atoms with Crippen molar-refractivity contribution in [1.82, 2.24) is 5.32 Å². The summed E-state index contributed by atoms with van der Waals surface area (Å²) in [5.41, 5.74) is 0.680. The lowest BCUT2D eigenvalue weighted by Gasteiger charge is -2.07. The average Bonchev–Trinajstić information content (AvgIpc) is 2.75. The third kappa shape index (κ3) is 2.97. The Bertz CT molecular complexity index is 415. The zero-order valence-corrected chi connectivity index (χ0v) is 10.2. The zero-order valence-electron chi connectivity index (χ0n) is 10.2. The molecule has 0 bridgehead atoms. The second-order valence-corrected chi connectivity index (χ2v) is 4.35. The normalized spacial score (nSPS) is 13.1. The van der Waals surface area contributed by atoms with Crippen LogP contribution in [0.15, 0.2) is 18.2 Å². The number of fused-ring (bicyclic) bond motifs is 1. The van der Waals surface area contributed by atoms with Gasteiger partial charge in [-0.05, 0) is 18.2 Å². The third-order valence-corrected chi connectivity index (χ3v) is 2.60. The molecule has 2 rings (SSSR count). The maximum absolute atomic E-state index is 11.9. The molecule has 0 atom stereocenters. The highest BCUT2D eigenvalue weighted by Gasteiger charge is 2.15. The Morgan fingerprint density at radius 1 is 1.35 bits per heavy atom. The lowest BCUT2D eigenvalue weighted by molar-refractivity contribution is 0.0981. The summed E-state index contributed by atoms with van der Waals surface area (Å²) in [6, 6.07) is 5.72. The molecular formula is C13H17NO3. The molecule has 17 heavy (non-hydrogen) atoms. The van der Waals surface area contributed by atoms with Gasteiger partial charge in [-0.2, -0.15) is 0 Å². The molecule has 0 spiro atoms. The molecule has 1 N–H and O–H groups in total. The molecule has 4 nitrogen and oxygen atoms in total. The van der Waals surface area contributed by atoms with Gasteiger partial charge in [0.15, 0.2) is 17.3 Å². The van der Waals surface area contributed by atoms with E-state index in [-0.39, 0.29) is 12.6 Å². The number of Topliss-reactive ketones (excluding diaryl/α,β-unsaturated/α-hetero) is 1. The molecule has 1 aromatic rings. The summed E-state index contributed by atoms with van der Waals surface area (Å²) < 4.78 is 10.4. The van der Waals surface area contributed by atoms with Crippen molar-refractivity contribution in [2.24, 2.45) is 0 Å². The highest BCUT2D eigenvalue weighted by atomic mass is 16.7. The van der Waals surface area contributed by atoms with E-state index in [0.29, 0.717) is 36.1 Å². The van der Waals surface area contributed by atoms with E-state index in [1.54, 1.807) is 18.2 Å². The smallest absolute Gasteiger partial charge is 0.231 e. The van der Waals surface area contributed by atoms with Crippen molar-refractivity contribution >= 4 is 5.78 Å². The molecule has 92 valence electrons. The average molecular weight is 235 g/mol. The summed E-state index contributed by atoms with van der Waals surface area (Å²) >= 11 is 0. The maximum Gasteiger partial charge on any atom is 0.231 e. The molecular weight excluding hydrogens is 218 g/mol. The minimum absolute atomic E-state index is 0.122. The predicted octanol–water partition coefficient (Wildman–Crippen LogP) is 1.99. The van der Waals surface area contributed by atoms with Gasteiger partial charge < -0.3 is 14.8 Å². The SMILES string of the molecule is CC(C)NCCC(=O)c1ccc2c(c1)OCO2. The number of carbonyl (C=O) groups is 1. The Hall–Kier alpha value is -1.55. The number of nitrogens with one attached hydrogen (secondary N) is 1. The highest BCUT2D eigenvalue weighted by molar-refractivity contribution is 5.96. The lowest BCUT2D eigenvalue weighted by Crippen LogP contribution is -2.25. The lowest BCUT2D eigenvalue weighted by atomic mass is 10.1. The summed E-state index contributed by atoms with van der Waals surface area (Å²) in [5.74, 6) is 1.49. The van der Waals surface area contributed by atoms with Crippen LogP contribution >= 0.6 is 0 Å². The van der Waals surface area contributed by atoms with Gasteiger partial charge in [0.05, 0.1) is 0 Å². The summed E-state index contributed by atoms with van der Waals surface area (Å²) in [6.07, 6.45) is 0.498. The van der Waals surface area contributed by atoms with Gasteiger partial charge in [0, 0.05) is 24.6 Å². The highest BCUT2D eigenvalue weighted by Crippen LogP contribution is 2.32. The molecule has 1 aliphatic rings. The number of ether oxygens (including phenoxy) is 2. The van der Waals surface area contributed by atoms with E-state index in [4.69, 9.17) is 9.47 Å². The molecule has 1 aromatic carbocycles. The van der Waals surface area contributed by atoms with Crippen LogP contribution in [0.1, 0.15) is 30.6 Å². The van der Waals surface area contributed by atoms with Crippen molar-refractivity contribution in [1.29, 1.82) is 0 Å². The molecule has 0 saturated heterocycles. The fraction of sp³-hybridized carbons (Fsp3) is 0.462. The van der Waals surface area contributed by atoms with E-state index in [1.165, 1.54) is 0 Å². The Morgan fingerprint density at radius 2 is 2.12 bits per heavy atom. The van der Waals surface area contributed by atoms with Crippen LogP contribution in [0.3, 0.4) is 0 Å². The first-order valence-electron chi connectivity index (χ1n) is 5.83. The van der Waals surface area contributed by atoms with Crippen LogP contribution in [0.25, 0.3) is 0 Å². The molecule has 1 aliphatic heterocycles. The second-order valence-electron chi connectivity index (χ2n) is 4.35. The standard InChI is InChI=1S/C13H17NO3/c1-9(2)14-6-5-11(15)10-3-4-12-13(7-10)17-8-16-12/h3-4,7,9,14H,5-6,8H2,1-2H3. The van der Waals surface area contributed by atoms with Crippen LogP contribution in [-0.2, 0) is 0 Å². The molecule has 0 fully saturated rings. The van der Waals surface area contributed by atoms with Crippen molar-refractivity contribution in [3.05, 3.63) is 23.8 Å². The van der Waals surface area contributed by atoms with Crippen molar-refractivity contribution in [2.45, 2.75) is 26.3 Å². The Morgan fingerprint density at radius 3 is 2.88 bits per heavy atom. The minimum Gasteiger partial charge on any atom is -0.454 e. The Kier molecular flexibility index (Phi) is 3.64. The summed E-state index contributed by atoms with van der Waals surface area (Å²) in [4.78, 5) is 11.9. The zero-order chi connectivity index (χ0) is 12.3. The molecule has 0 amide bonds. The fourth-order valence-electron chi connectivity index (χ4n) is 1.69. The van der Waals surface area contributed by atoms with Crippen LogP contribution in [0.2, 0.25) is 0 Å². The fourth-order valence-corrected chi connectivity index (χ4v) is 1.69. The number of ketones is 1. The molecule has 1 heterocycles. The van der Waals surface area contributed by atoms with Crippen LogP contribution in [-0.4, -0.2) is 25.2 Å². The molecule has 0 saturated carbocycles. The summed E-state index contributed by atoms with van der Waals surface area (Å²) in [7, 11) is 0. The number of hydrogen-bond acceptors (Lipinski definition) is 4. The number of hydrogen-bond donors (Lipinski definition) is 1. The number of rotatable bonds is 5. The van der Waals surface area contributed by atoms with Crippen molar-refractivity contribution < 1.29 is 14.3 Å². The first-order chi connectivity index (χ1) is 8.16. The minimum atomic E-state index is 0.122. The maximum atomic E-state index is 11.9. The van der Waals surface area contributed by atoms with Crippen LogP contribution in [0, 0.1) is 0 Å². The number of benzene rings is 1. The van der Waals surface area contributed by atoms with Gasteiger partial charge in [0.1, 0.15) is 0 Å². The van der Waals surface area contributed by atoms with Gasteiger partial charge in [-0.25, -0.2) is 0 Å². The molecule has 0 unspecified atom stereocenters. The van der Waals surface area contributed by atoms with E-state index >= 15 is 0 Å². The second kappa shape index (κ2) is 5.19. The van der Waals surface area contributed by atoms with Crippen LogP contribution in [0.5, 0.6) is 11.5 Å². The molecule has 0 radical (unpaired) electrons. The van der Waals surface area contributed by atoms with E-state index in [9.17, 15) is 4.79 Å². The first kappa shape index (κ1) is 11.9. The van der Waals surface area contributed by atoms with Gasteiger partial charge in [0.25, 0.3) is 0 Å². The molecule has 0 aromatic heterocycles. The van der Waals surface area contributed by atoms with Gasteiger partial charge in [-0.1, -0.05) is 13.8 Å². The Balaban J connectivity index is 1.95. The van der Waals surface area contributed by atoms with Gasteiger partial charge in [0.2, 0.25) is 6.79 Å². The largest absolute Gasteiger partial charge is 0.454 e. The predicted molar refractivity (Wildman–Crippen MR) is 64.7 cm³/mol. The van der Waals surface area contributed by atoms with Crippen LogP contribution in [0.4, 0.5) is 0 Å². The van der Waals surface area contributed by atoms with Crippen LogP contribution < -0.4 is 14.8 Å². The van der Waals surface area contributed by atoms with E-state index < -0.39 is 0 Å². The van der Waals surface area contributed by atoms with E-state index in [1.807, 2.05) is 0 Å². The first-order valence-corrected chi connectivity index (χ1v) is 5.83. The summed E-state index contributed by atoms with van der Waals surface area (Å²) in [6.45, 7) is 5.06. The summed E-state index contributed by atoms with van der Waals surface area (Å²) in [5, 5.41) is 3.22. The van der Waals surface area contributed by atoms with E-state index in [0.717, 1.165) is 0 Å². The third-order valence-electron chi connectivity index (χ3n) is 2.60. The van der Waals surface area contributed by atoms with Crippen molar-refractivity contribution in [3.8, 4) is 11.5 Å². The van der Waals surface area contributed by atoms with Gasteiger partial charge in [-0.3, -0.25) is 4.79 Å². The number of carbonyl (C=O) groups excluding carboxylic acids is 1. The van der Waals surface area contributed by atoms with Crippen molar-refractivity contribution in [2.75, 3.05) is 13.3 Å². The Labute approximate surface area is 101 Å². The monoisotopic (exact) mass is 235 g/mol. The van der Waals surface area contributed by atoms with Gasteiger partial charge in [-0.15, -0.1) is 0 Å². The van der Waals surface area contributed by atoms with E-state index in [2.05, 4.69) is 19.2 Å². The topological polar surface area (TPSA) is 47.6 Å². The molecule has 0 aliphatic carbocycles. The van der Waals surface area contributed by atoms with Gasteiger partial charge >= 0.3 is 0 Å². The quantitative estimate of drug-likeness (QED) is 0.793. The molecule has 4 heteroatoms. The van der Waals surface area contributed by atoms with Crippen molar-refractivity contribution in [3.63, 3.8) is 0 Å².